The number of aromatic nitrogens is 1. The van der Waals surface area contributed by atoms with Gasteiger partial charge in [0.1, 0.15) is 0 Å². The van der Waals surface area contributed by atoms with Gasteiger partial charge in [-0.15, -0.1) is 0 Å². The lowest BCUT2D eigenvalue weighted by Gasteiger charge is -2.27. The standard InChI is InChI=1S/C14H13N3O2S/c18-20(19)16-9-13-7-12(11-2-1-4-15-8-11)6-10-3-5-17(20)14(10)13/h1-2,4,6-8,16H,3,5,9H2. The summed E-state index contributed by atoms with van der Waals surface area (Å²) in [6.07, 6.45) is 4.34. The largest absolute Gasteiger partial charge is 0.301 e. The summed E-state index contributed by atoms with van der Waals surface area (Å²) in [5.41, 5.74) is 5.16. The first-order chi connectivity index (χ1) is 9.65. The Bertz CT molecular complexity index is 788. The molecule has 0 unspecified atom stereocenters. The molecule has 2 aliphatic heterocycles. The monoisotopic (exact) mass is 287 g/mol. The highest BCUT2D eigenvalue weighted by Crippen LogP contribution is 2.39. The first-order valence-electron chi connectivity index (χ1n) is 6.49. The molecule has 3 heterocycles. The summed E-state index contributed by atoms with van der Waals surface area (Å²) in [5, 5.41) is 0. The van der Waals surface area contributed by atoms with E-state index >= 15 is 0 Å². The van der Waals surface area contributed by atoms with Crippen LogP contribution in [0.2, 0.25) is 0 Å². The van der Waals surface area contributed by atoms with Gasteiger partial charge in [-0.25, -0.2) is 0 Å². The lowest BCUT2D eigenvalue weighted by atomic mass is 9.99. The van der Waals surface area contributed by atoms with E-state index in [1.807, 2.05) is 18.3 Å². The minimum absolute atomic E-state index is 0.356. The van der Waals surface area contributed by atoms with Gasteiger partial charge in [-0.1, -0.05) is 6.07 Å². The Hall–Kier alpha value is -1.92. The van der Waals surface area contributed by atoms with Gasteiger partial charge in [0.25, 0.3) is 0 Å². The second kappa shape index (κ2) is 4.04. The number of hydrogen-bond acceptors (Lipinski definition) is 3. The minimum atomic E-state index is -3.34. The van der Waals surface area contributed by atoms with Crippen molar-refractivity contribution in [1.29, 1.82) is 0 Å². The molecule has 2 aromatic rings. The maximum absolute atomic E-state index is 12.0. The highest BCUT2D eigenvalue weighted by atomic mass is 32.2. The molecule has 2 aliphatic rings. The van der Waals surface area contributed by atoms with Crippen molar-refractivity contribution in [3.63, 3.8) is 0 Å². The Kier molecular flexibility index (Phi) is 2.40. The lowest BCUT2D eigenvalue weighted by molar-refractivity contribution is 0.574. The Morgan fingerprint density at radius 1 is 1.20 bits per heavy atom. The highest BCUT2D eigenvalue weighted by Gasteiger charge is 2.35. The molecule has 0 fully saturated rings. The van der Waals surface area contributed by atoms with Gasteiger partial charge in [0.2, 0.25) is 0 Å². The third-order valence-electron chi connectivity index (χ3n) is 3.83. The first-order valence-corrected chi connectivity index (χ1v) is 7.93. The van der Waals surface area contributed by atoms with Crippen LogP contribution in [0.15, 0.2) is 36.7 Å². The smallest absolute Gasteiger partial charge is 0.264 e. The van der Waals surface area contributed by atoms with Gasteiger partial charge in [0, 0.05) is 31.0 Å². The Labute approximate surface area is 117 Å². The molecule has 1 N–H and O–H groups in total. The van der Waals surface area contributed by atoms with Crippen LogP contribution in [0, 0.1) is 0 Å². The van der Waals surface area contributed by atoms with E-state index < -0.39 is 10.2 Å². The van der Waals surface area contributed by atoms with Gasteiger partial charge in [0.15, 0.2) is 0 Å². The molecule has 102 valence electrons. The summed E-state index contributed by atoms with van der Waals surface area (Å²) in [4.78, 5) is 4.14. The number of rotatable bonds is 1. The predicted octanol–water partition coefficient (Wildman–Crippen LogP) is 1.46. The van der Waals surface area contributed by atoms with E-state index in [0.717, 1.165) is 34.4 Å². The maximum atomic E-state index is 12.0. The molecule has 4 rings (SSSR count). The Morgan fingerprint density at radius 3 is 2.85 bits per heavy atom. The van der Waals surface area contributed by atoms with Crippen LogP contribution < -0.4 is 9.03 Å². The van der Waals surface area contributed by atoms with Crippen LogP contribution in [0.5, 0.6) is 0 Å². The maximum Gasteiger partial charge on any atom is 0.301 e. The lowest BCUT2D eigenvalue weighted by Crippen LogP contribution is -2.43. The van der Waals surface area contributed by atoms with E-state index in [-0.39, 0.29) is 0 Å². The molecule has 0 saturated heterocycles. The molecule has 1 aromatic heterocycles. The molecule has 0 aliphatic carbocycles. The van der Waals surface area contributed by atoms with Crippen molar-refractivity contribution in [2.75, 3.05) is 10.8 Å². The van der Waals surface area contributed by atoms with Crippen LogP contribution >= 0.6 is 0 Å². The quantitative estimate of drug-likeness (QED) is 0.863. The average molecular weight is 287 g/mol. The van der Waals surface area contributed by atoms with E-state index in [4.69, 9.17) is 0 Å². The molecular formula is C14H13N3O2S. The van der Waals surface area contributed by atoms with Crippen molar-refractivity contribution in [2.24, 2.45) is 0 Å². The SMILES string of the molecule is O=S1(=O)NCc2cc(-c3cccnc3)cc3c2N1CC3. The van der Waals surface area contributed by atoms with Crippen LogP contribution in [0.3, 0.4) is 0 Å². The Morgan fingerprint density at radius 2 is 2.05 bits per heavy atom. The van der Waals surface area contributed by atoms with Crippen molar-refractivity contribution in [1.82, 2.24) is 9.71 Å². The van der Waals surface area contributed by atoms with Crippen molar-refractivity contribution < 1.29 is 8.42 Å². The second-order valence-electron chi connectivity index (χ2n) is 5.03. The number of nitrogens with zero attached hydrogens (tertiary/aromatic N) is 2. The van der Waals surface area contributed by atoms with E-state index in [1.54, 1.807) is 6.20 Å². The molecule has 1 aromatic carbocycles. The summed E-state index contributed by atoms with van der Waals surface area (Å²) in [7, 11) is -3.34. The number of pyridine rings is 1. The van der Waals surface area contributed by atoms with E-state index in [9.17, 15) is 8.42 Å². The normalized spacial score (nSPS) is 18.9. The molecule has 5 nitrogen and oxygen atoms in total. The van der Waals surface area contributed by atoms with E-state index in [2.05, 4.69) is 21.8 Å². The number of anilines is 1. The van der Waals surface area contributed by atoms with Gasteiger partial charge >= 0.3 is 10.2 Å². The molecule has 0 radical (unpaired) electrons. The zero-order valence-electron chi connectivity index (χ0n) is 10.7. The van der Waals surface area contributed by atoms with E-state index in [1.165, 1.54) is 4.31 Å². The molecule has 6 heteroatoms. The van der Waals surface area contributed by atoms with Gasteiger partial charge in [-0.3, -0.25) is 9.29 Å². The first kappa shape index (κ1) is 11.9. The molecular weight excluding hydrogens is 274 g/mol. The van der Waals surface area contributed by atoms with Crippen molar-refractivity contribution in [3.05, 3.63) is 47.8 Å². The van der Waals surface area contributed by atoms with Crippen molar-refractivity contribution >= 4 is 15.9 Å². The third kappa shape index (κ3) is 1.65. The fourth-order valence-electron chi connectivity index (χ4n) is 2.93. The average Bonchev–Trinajstić information content (AvgIpc) is 2.90. The zero-order chi connectivity index (χ0) is 13.7. The fraction of sp³-hybridized carbons (Fsp3) is 0.214. The van der Waals surface area contributed by atoms with Crippen LogP contribution in [0.25, 0.3) is 11.1 Å². The fourth-order valence-corrected chi connectivity index (χ4v) is 4.23. The second-order valence-corrected chi connectivity index (χ2v) is 6.71. The highest BCUT2D eigenvalue weighted by molar-refractivity contribution is 7.91. The van der Waals surface area contributed by atoms with Crippen LogP contribution in [0.4, 0.5) is 5.69 Å². The minimum Gasteiger partial charge on any atom is -0.264 e. The van der Waals surface area contributed by atoms with Crippen LogP contribution in [0.1, 0.15) is 11.1 Å². The predicted molar refractivity (Wildman–Crippen MR) is 76.5 cm³/mol. The van der Waals surface area contributed by atoms with Gasteiger partial charge in [0.05, 0.1) is 5.69 Å². The zero-order valence-corrected chi connectivity index (χ0v) is 11.5. The summed E-state index contributed by atoms with van der Waals surface area (Å²) in [6, 6.07) is 8.05. The molecule has 0 amide bonds. The number of benzene rings is 1. The van der Waals surface area contributed by atoms with Crippen LogP contribution in [-0.2, 0) is 23.2 Å². The molecule has 0 atom stereocenters. The molecule has 0 spiro atoms. The number of nitrogens with one attached hydrogen (secondary N) is 1. The van der Waals surface area contributed by atoms with E-state index in [0.29, 0.717) is 13.1 Å². The summed E-state index contributed by atoms with van der Waals surface area (Å²) >= 11 is 0. The summed E-state index contributed by atoms with van der Waals surface area (Å²) in [6.45, 7) is 0.878. The van der Waals surface area contributed by atoms with Gasteiger partial charge in [-0.05, 0) is 41.3 Å². The topological polar surface area (TPSA) is 62.3 Å². The van der Waals surface area contributed by atoms with Gasteiger partial charge < -0.3 is 0 Å². The molecule has 0 bridgehead atoms. The number of hydrogen-bond donors (Lipinski definition) is 1. The molecule has 0 saturated carbocycles. The van der Waals surface area contributed by atoms with Crippen LogP contribution in [-0.4, -0.2) is 19.9 Å². The van der Waals surface area contributed by atoms with Crippen molar-refractivity contribution in [2.45, 2.75) is 13.0 Å². The van der Waals surface area contributed by atoms with Crippen molar-refractivity contribution in [3.8, 4) is 11.1 Å². The third-order valence-corrected chi connectivity index (χ3v) is 5.29. The van der Waals surface area contributed by atoms with Gasteiger partial charge in [-0.2, -0.15) is 13.1 Å². The Balaban J connectivity index is 1.90. The summed E-state index contributed by atoms with van der Waals surface area (Å²) < 4.78 is 28.0. The molecule has 20 heavy (non-hydrogen) atoms. The summed E-state index contributed by atoms with van der Waals surface area (Å²) in [5.74, 6) is 0.